The Morgan fingerprint density at radius 3 is 2.20 bits per heavy atom. The summed E-state index contributed by atoms with van der Waals surface area (Å²) in [7, 11) is 0. The zero-order chi connectivity index (χ0) is 14.7. The van der Waals surface area contributed by atoms with Crippen molar-refractivity contribution in [2.24, 2.45) is 0 Å². The van der Waals surface area contributed by atoms with Gasteiger partial charge < -0.3 is 10.4 Å². The number of hydrogen-bond acceptors (Lipinski definition) is 2. The van der Waals surface area contributed by atoms with Crippen molar-refractivity contribution >= 4 is 17.6 Å². The smallest absolute Gasteiger partial charge is 0.335 e. The Hall–Kier alpha value is -2.62. The highest BCUT2D eigenvalue weighted by Crippen LogP contribution is 2.26. The lowest BCUT2D eigenvalue weighted by atomic mass is 9.99. The molecule has 0 saturated carbocycles. The van der Waals surface area contributed by atoms with Gasteiger partial charge in [-0.3, -0.25) is 4.79 Å². The summed E-state index contributed by atoms with van der Waals surface area (Å²) >= 11 is 0. The highest BCUT2D eigenvalue weighted by atomic mass is 16.4. The van der Waals surface area contributed by atoms with E-state index < -0.39 is 5.97 Å². The second-order valence-electron chi connectivity index (χ2n) is 4.59. The van der Waals surface area contributed by atoms with Gasteiger partial charge >= 0.3 is 5.97 Å². The molecule has 0 radical (unpaired) electrons. The number of rotatable bonds is 3. The Morgan fingerprint density at radius 1 is 1.05 bits per heavy atom. The number of hydrogen-bond donors (Lipinski definition) is 2. The zero-order valence-corrected chi connectivity index (χ0v) is 11.3. The maximum Gasteiger partial charge on any atom is 0.335 e. The average Bonchev–Trinajstić information content (AvgIpc) is 2.38. The SMILES string of the molecule is CC(=O)Nc1ccc(-c2ccc(C(=O)O)cc2)c(C)c1. The molecule has 0 atom stereocenters. The van der Waals surface area contributed by atoms with Crippen LogP contribution in [-0.4, -0.2) is 17.0 Å². The van der Waals surface area contributed by atoms with Gasteiger partial charge in [-0.2, -0.15) is 0 Å². The van der Waals surface area contributed by atoms with Crippen LogP contribution < -0.4 is 5.32 Å². The van der Waals surface area contributed by atoms with Crippen molar-refractivity contribution in [1.29, 1.82) is 0 Å². The molecule has 0 saturated heterocycles. The Labute approximate surface area is 117 Å². The van der Waals surface area contributed by atoms with Crippen LogP contribution >= 0.6 is 0 Å². The Bertz CT molecular complexity index is 660. The molecule has 0 unspecified atom stereocenters. The topological polar surface area (TPSA) is 66.4 Å². The van der Waals surface area contributed by atoms with Gasteiger partial charge in [0, 0.05) is 12.6 Å². The fourth-order valence-corrected chi connectivity index (χ4v) is 2.06. The van der Waals surface area contributed by atoms with E-state index in [4.69, 9.17) is 5.11 Å². The first-order valence-electron chi connectivity index (χ1n) is 6.19. The van der Waals surface area contributed by atoms with Gasteiger partial charge in [0.15, 0.2) is 0 Å². The van der Waals surface area contributed by atoms with E-state index in [0.717, 1.165) is 22.4 Å². The van der Waals surface area contributed by atoms with Crippen LogP contribution in [0.5, 0.6) is 0 Å². The molecule has 1 amide bonds. The quantitative estimate of drug-likeness (QED) is 0.898. The third-order valence-electron chi connectivity index (χ3n) is 2.99. The first kappa shape index (κ1) is 13.8. The number of carbonyl (C=O) groups is 2. The summed E-state index contributed by atoms with van der Waals surface area (Å²) in [5.41, 5.74) is 3.99. The standard InChI is InChI=1S/C16H15NO3/c1-10-9-14(17-11(2)18)7-8-15(10)12-3-5-13(6-4-12)16(19)20/h3-9H,1-2H3,(H,17,18)(H,19,20). The number of carboxylic acids is 1. The van der Waals surface area contributed by atoms with Crippen LogP contribution in [-0.2, 0) is 4.79 Å². The molecular weight excluding hydrogens is 254 g/mol. The second-order valence-corrected chi connectivity index (χ2v) is 4.59. The Kier molecular flexibility index (Phi) is 3.84. The molecule has 0 bridgehead atoms. The van der Waals surface area contributed by atoms with Crippen molar-refractivity contribution in [2.75, 3.05) is 5.32 Å². The first-order chi connectivity index (χ1) is 9.47. The van der Waals surface area contributed by atoms with Gasteiger partial charge in [-0.25, -0.2) is 4.79 Å². The molecule has 20 heavy (non-hydrogen) atoms. The highest BCUT2D eigenvalue weighted by molar-refractivity contribution is 5.90. The van der Waals surface area contributed by atoms with Gasteiger partial charge in [0.1, 0.15) is 0 Å². The second kappa shape index (κ2) is 5.57. The number of aryl methyl sites for hydroxylation is 1. The van der Waals surface area contributed by atoms with E-state index in [9.17, 15) is 9.59 Å². The Balaban J connectivity index is 2.33. The summed E-state index contributed by atoms with van der Waals surface area (Å²) in [4.78, 5) is 21.8. The van der Waals surface area contributed by atoms with E-state index in [0.29, 0.717) is 0 Å². The Morgan fingerprint density at radius 2 is 1.70 bits per heavy atom. The third-order valence-corrected chi connectivity index (χ3v) is 2.99. The van der Waals surface area contributed by atoms with Crippen LogP contribution in [0.3, 0.4) is 0 Å². The van der Waals surface area contributed by atoms with Crippen molar-refractivity contribution in [1.82, 2.24) is 0 Å². The zero-order valence-electron chi connectivity index (χ0n) is 11.3. The van der Waals surface area contributed by atoms with Crippen molar-refractivity contribution in [3.8, 4) is 11.1 Å². The maximum atomic E-state index is 11.0. The predicted molar refractivity (Wildman–Crippen MR) is 77.9 cm³/mol. The summed E-state index contributed by atoms with van der Waals surface area (Å²) in [6.07, 6.45) is 0. The lowest BCUT2D eigenvalue weighted by Gasteiger charge is -2.09. The van der Waals surface area contributed by atoms with Crippen LogP contribution in [0.1, 0.15) is 22.8 Å². The number of nitrogens with one attached hydrogen (secondary N) is 1. The molecule has 0 heterocycles. The molecule has 2 N–H and O–H groups in total. The molecule has 0 aliphatic rings. The van der Waals surface area contributed by atoms with E-state index >= 15 is 0 Å². The molecule has 0 aliphatic carbocycles. The highest BCUT2D eigenvalue weighted by Gasteiger charge is 2.06. The molecule has 2 aromatic carbocycles. The molecule has 0 fully saturated rings. The van der Waals surface area contributed by atoms with Crippen molar-refractivity contribution in [2.45, 2.75) is 13.8 Å². The summed E-state index contributed by atoms with van der Waals surface area (Å²) in [5, 5.41) is 11.6. The summed E-state index contributed by atoms with van der Waals surface area (Å²) in [5.74, 6) is -1.04. The van der Waals surface area contributed by atoms with E-state index in [2.05, 4.69) is 5.32 Å². The number of aromatic carboxylic acids is 1. The van der Waals surface area contributed by atoms with Gasteiger partial charge in [-0.05, 0) is 47.9 Å². The molecule has 4 nitrogen and oxygen atoms in total. The maximum absolute atomic E-state index is 11.0. The van der Waals surface area contributed by atoms with E-state index in [1.165, 1.54) is 6.92 Å². The van der Waals surface area contributed by atoms with Crippen LogP contribution in [0.15, 0.2) is 42.5 Å². The average molecular weight is 269 g/mol. The van der Waals surface area contributed by atoms with Crippen LogP contribution in [0.4, 0.5) is 5.69 Å². The van der Waals surface area contributed by atoms with E-state index in [1.54, 1.807) is 24.3 Å². The molecular formula is C16H15NO3. The molecule has 2 rings (SSSR count). The van der Waals surface area contributed by atoms with Crippen molar-refractivity contribution < 1.29 is 14.7 Å². The van der Waals surface area contributed by atoms with Crippen LogP contribution in [0, 0.1) is 6.92 Å². The molecule has 0 aliphatic heterocycles. The van der Waals surface area contributed by atoms with Gasteiger partial charge in [-0.15, -0.1) is 0 Å². The van der Waals surface area contributed by atoms with Gasteiger partial charge in [0.2, 0.25) is 5.91 Å². The van der Waals surface area contributed by atoms with Gasteiger partial charge in [-0.1, -0.05) is 18.2 Å². The summed E-state index contributed by atoms with van der Waals surface area (Å²) < 4.78 is 0. The molecule has 0 aromatic heterocycles. The molecule has 2 aromatic rings. The largest absolute Gasteiger partial charge is 0.478 e. The van der Waals surface area contributed by atoms with Crippen molar-refractivity contribution in [3.63, 3.8) is 0 Å². The first-order valence-corrected chi connectivity index (χ1v) is 6.19. The lowest BCUT2D eigenvalue weighted by Crippen LogP contribution is -2.05. The van der Waals surface area contributed by atoms with E-state index in [-0.39, 0.29) is 11.5 Å². The number of anilines is 1. The van der Waals surface area contributed by atoms with Gasteiger partial charge in [0.25, 0.3) is 0 Å². The monoisotopic (exact) mass is 269 g/mol. The number of amides is 1. The fraction of sp³-hybridized carbons (Fsp3) is 0.125. The number of benzene rings is 2. The van der Waals surface area contributed by atoms with Crippen LogP contribution in [0.25, 0.3) is 11.1 Å². The minimum Gasteiger partial charge on any atom is -0.478 e. The number of carbonyl (C=O) groups excluding carboxylic acids is 1. The van der Waals surface area contributed by atoms with E-state index in [1.807, 2.05) is 25.1 Å². The molecule has 4 heteroatoms. The fourth-order valence-electron chi connectivity index (χ4n) is 2.06. The third kappa shape index (κ3) is 3.03. The molecule has 102 valence electrons. The van der Waals surface area contributed by atoms with Crippen molar-refractivity contribution in [3.05, 3.63) is 53.6 Å². The molecule has 0 spiro atoms. The minimum absolute atomic E-state index is 0.108. The lowest BCUT2D eigenvalue weighted by molar-refractivity contribution is -0.114. The minimum atomic E-state index is -0.936. The summed E-state index contributed by atoms with van der Waals surface area (Å²) in [6.45, 7) is 3.42. The number of carboxylic acid groups (broad SMARTS) is 1. The predicted octanol–water partition coefficient (Wildman–Crippen LogP) is 3.32. The summed E-state index contributed by atoms with van der Waals surface area (Å²) in [6, 6.07) is 12.4. The van der Waals surface area contributed by atoms with Gasteiger partial charge in [0.05, 0.1) is 5.56 Å². The normalized spacial score (nSPS) is 10.1. The van der Waals surface area contributed by atoms with Crippen LogP contribution in [0.2, 0.25) is 0 Å².